The average Bonchev–Trinajstić information content (AvgIpc) is 2.68. The van der Waals surface area contributed by atoms with Gasteiger partial charge in [-0.15, -0.1) is 0 Å². The van der Waals surface area contributed by atoms with Crippen molar-refractivity contribution in [3.05, 3.63) is 48.0 Å². The molecule has 0 aromatic heterocycles. The molecule has 0 bridgehead atoms. The molecule has 2 aromatic rings. The van der Waals surface area contributed by atoms with Crippen LogP contribution in [0, 0.1) is 5.92 Å². The van der Waals surface area contributed by atoms with Crippen LogP contribution in [0.4, 0.5) is 0 Å². The van der Waals surface area contributed by atoms with Crippen molar-refractivity contribution in [3.63, 3.8) is 0 Å². The van der Waals surface area contributed by atoms with E-state index in [0.717, 1.165) is 15.4 Å². The van der Waals surface area contributed by atoms with Gasteiger partial charge in [0.25, 0.3) is 0 Å². The molecule has 84 valence electrons. The first-order valence-electron chi connectivity index (χ1n) is 6.24. The molecule has 1 aliphatic rings. The highest BCUT2D eigenvalue weighted by Crippen LogP contribution is 2.22. The SMILES string of the molecule is CC(C)Cc1cccc2c1[Si]c1ccccc1-2. The molecular formula is C16H16Si. The van der Waals surface area contributed by atoms with Crippen molar-refractivity contribution in [3.8, 4) is 11.1 Å². The molecule has 0 atom stereocenters. The summed E-state index contributed by atoms with van der Waals surface area (Å²) in [6, 6.07) is 15.6. The van der Waals surface area contributed by atoms with E-state index >= 15 is 0 Å². The molecule has 3 rings (SSSR count). The minimum absolute atomic E-state index is 0.731. The number of fused-ring (bicyclic) bond motifs is 3. The highest BCUT2D eigenvalue weighted by atomic mass is 28.2. The maximum atomic E-state index is 2.30. The van der Waals surface area contributed by atoms with Crippen LogP contribution in [0.25, 0.3) is 11.1 Å². The first-order valence-corrected chi connectivity index (χ1v) is 7.24. The topological polar surface area (TPSA) is 0 Å². The summed E-state index contributed by atoms with van der Waals surface area (Å²) in [6.45, 7) is 4.59. The normalized spacial score (nSPS) is 12.6. The molecule has 0 unspecified atom stereocenters. The molecular weight excluding hydrogens is 220 g/mol. The zero-order valence-electron chi connectivity index (χ0n) is 10.3. The summed E-state index contributed by atoms with van der Waals surface area (Å²) >= 11 is 0. The van der Waals surface area contributed by atoms with Gasteiger partial charge >= 0.3 is 0 Å². The van der Waals surface area contributed by atoms with E-state index in [-0.39, 0.29) is 0 Å². The Bertz CT molecular complexity index is 555. The molecule has 17 heavy (non-hydrogen) atoms. The second-order valence-electron chi connectivity index (χ2n) is 5.11. The van der Waals surface area contributed by atoms with Gasteiger partial charge in [0.05, 0.1) is 0 Å². The number of rotatable bonds is 2. The van der Waals surface area contributed by atoms with Crippen molar-refractivity contribution >= 4 is 19.9 Å². The minimum Gasteiger partial charge on any atom is -0.0625 e. The molecule has 1 heteroatoms. The second kappa shape index (κ2) is 4.15. The molecule has 2 radical (unpaired) electrons. The van der Waals surface area contributed by atoms with Crippen LogP contribution in [-0.4, -0.2) is 9.52 Å². The first-order chi connectivity index (χ1) is 8.25. The van der Waals surface area contributed by atoms with E-state index in [1.54, 1.807) is 10.8 Å². The predicted octanol–water partition coefficient (Wildman–Crippen LogP) is 2.52. The molecule has 0 nitrogen and oxygen atoms in total. The summed E-state index contributed by atoms with van der Waals surface area (Å²) in [5.74, 6) is 0.731. The molecule has 2 aromatic carbocycles. The quantitative estimate of drug-likeness (QED) is 0.600. The fourth-order valence-electron chi connectivity index (χ4n) is 2.54. The van der Waals surface area contributed by atoms with Crippen LogP contribution in [0.5, 0.6) is 0 Å². The summed E-state index contributed by atoms with van der Waals surface area (Å²) in [4.78, 5) is 0. The van der Waals surface area contributed by atoms with E-state index in [4.69, 9.17) is 0 Å². The highest BCUT2D eigenvalue weighted by molar-refractivity contribution is 6.73. The van der Waals surface area contributed by atoms with E-state index in [1.807, 2.05) is 0 Å². The molecule has 1 heterocycles. The van der Waals surface area contributed by atoms with Gasteiger partial charge in [-0.05, 0) is 34.2 Å². The lowest BCUT2D eigenvalue weighted by Gasteiger charge is -2.10. The van der Waals surface area contributed by atoms with Crippen LogP contribution in [-0.2, 0) is 6.42 Å². The van der Waals surface area contributed by atoms with Gasteiger partial charge < -0.3 is 0 Å². The van der Waals surface area contributed by atoms with Crippen molar-refractivity contribution in [2.24, 2.45) is 5.92 Å². The van der Waals surface area contributed by atoms with Gasteiger partial charge in [-0.1, -0.05) is 61.5 Å². The van der Waals surface area contributed by atoms with Gasteiger partial charge in [-0.2, -0.15) is 0 Å². The third-order valence-corrected chi connectivity index (χ3v) is 4.80. The molecule has 0 saturated carbocycles. The molecule has 0 aliphatic carbocycles. The van der Waals surface area contributed by atoms with Crippen molar-refractivity contribution in [2.45, 2.75) is 20.3 Å². The fraction of sp³-hybridized carbons (Fsp3) is 0.250. The zero-order chi connectivity index (χ0) is 11.8. The average molecular weight is 236 g/mol. The number of benzene rings is 2. The van der Waals surface area contributed by atoms with Gasteiger partial charge in [-0.3, -0.25) is 0 Å². The largest absolute Gasteiger partial charge is 0.123 e. The summed E-state index contributed by atoms with van der Waals surface area (Å²) in [5.41, 5.74) is 4.47. The molecule has 0 spiro atoms. The molecule has 0 N–H and O–H groups in total. The molecule has 0 fully saturated rings. The summed E-state index contributed by atoms with van der Waals surface area (Å²) in [6.07, 6.45) is 1.20. The highest BCUT2D eigenvalue weighted by Gasteiger charge is 2.21. The molecule has 1 aliphatic heterocycles. The van der Waals surface area contributed by atoms with Crippen LogP contribution in [0.1, 0.15) is 19.4 Å². The van der Waals surface area contributed by atoms with Crippen LogP contribution in [0.2, 0.25) is 0 Å². The third-order valence-electron chi connectivity index (χ3n) is 3.26. The van der Waals surface area contributed by atoms with E-state index in [9.17, 15) is 0 Å². The van der Waals surface area contributed by atoms with Gasteiger partial charge in [0.15, 0.2) is 0 Å². The Morgan fingerprint density at radius 1 is 0.941 bits per heavy atom. The van der Waals surface area contributed by atoms with Crippen molar-refractivity contribution < 1.29 is 0 Å². The van der Waals surface area contributed by atoms with Gasteiger partial charge in [-0.25, -0.2) is 0 Å². The van der Waals surface area contributed by atoms with Gasteiger partial charge in [0, 0.05) is 0 Å². The Balaban J connectivity index is 2.11. The lowest BCUT2D eigenvalue weighted by molar-refractivity contribution is 0.649. The van der Waals surface area contributed by atoms with E-state index < -0.39 is 0 Å². The summed E-state index contributed by atoms with van der Waals surface area (Å²) in [5, 5.41) is 3.10. The van der Waals surface area contributed by atoms with Crippen LogP contribution in [0.3, 0.4) is 0 Å². The first kappa shape index (κ1) is 10.8. The summed E-state index contributed by atoms with van der Waals surface area (Å²) < 4.78 is 0. The van der Waals surface area contributed by atoms with Crippen molar-refractivity contribution in [1.29, 1.82) is 0 Å². The smallest absolute Gasteiger partial charge is 0.0625 e. The standard InChI is InChI=1S/C16H16Si/c1-11(2)10-12-6-5-8-14-13-7-3-4-9-15(13)17-16(12)14/h3-9,11H,10H2,1-2H3. The van der Waals surface area contributed by atoms with Gasteiger partial charge in [0.2, 0.25) is 0 Å². The van der Waals surface area contributed by atoms with Gasteiger partial charge in [0.1, 0.15) is 9.52 Å². The maximum absolute atomic E-state index is 2.30. The minimum atomic E-state index is 0.731. The maximum Gasteiger partial charge on any atom is 0.123 e. The zero-order valence-corrected chi connectivity index (χ0v) is 11.3. The molecule has 0 amide bonds. The van der Waals surface area contributed by atoms with Crippen LogP contribution >= 0.6 is 0 Å². The Morgan fingerprint density at radius 3 is 2.53 bits per heavy atom. The third kappa shape index (κ3) is 1.85. The Kier molecular flexibility index (Phi) is 2.64. The van der Waals surface area contributed by atoms with E-state index in [2.05, 4.69) is 56.3 Å². The Morgan fingerprint density at radius 2 is 1.71 bits per heavy atom. The Hall–Kier alpha value is -1.34. The van der Waals surface area contributed by atoms with Crippen molar-refractivity contribution in [1.82, 2.24) is 0 Å². The van der Waals surface area contributed by atoms with Crippen molar-refractivity contribution in [2.75, 3.05) is 0 Å². The molecule has 0 saturated heterocycles. The second-order valence-corrected chi connectivity index (χ2v) is 6.40. The predicted molar refractivity (Wildman–Crippen MR) is 75.4 cm³/mol. The summed E-state index contributed by atoms with van der Waals surface area (Å²) in [7, 11) is 0.849. The lowest BCUT2D eigenvalue weighted by Crippen LogP contribution is -2.24. The van der Waals surface area contributed by atoms with E-state index in [0.29, 0.717) is 0 Å². The van der Waals surface area contributed by atoms with Crippen LogP contribution in [0.15, 0.2) is 42.5 Å². The lowest BCUT2D eigenvalue weighted by atomic mass is 9.98. The fourth-order valence-corrected chi connectivity index (χ4v) is 4.04. The van der Waals surface area contributed by atoms with Crippen LogP contribution < -0.4 is 10.4 Å². The monoisotopic (exact) mass is 236 g/mol. The van der Waals surface area contributed by atoms with E-state index in [1.165, 1.54) is 22.7 Å². The Labute approximate surface area is 106 Å². The number of hydrogen-bond donors (Lipinski definition) is 0. The number of hydrogen-bond acceptors (Lipinski definition) is 0.